The van der Waals surface area contributed by atoms with Gasteiger partial charge in [0.25, 0.3) is 0 Å². The van der Waals surface area contributed by atoms with Crippen LogP contribution in [0.3, 0.4) is 0 Å². The molecule has 0 aromatic heterocycles. The van der Waals surface area contributed by atoms with E-state index < -0.39 is 10.4 Å². The molecule has 0 aliphatic heterocycles. The quantitative estimate of drug-likeness (QED) is 0.482. The summed E-state index contributed by atoms with van der Waals surface area (Å²) in [5.74, 6) is 0. The van der Waals surface area contributed by atoms with Crippen LogP contribution in [0.2, 0.25) is 0 Å². The maximum absolute atomic E-state index is 10.3. The van der Waals surface area contributed by atoms with E-state index in [1.807, 2.05) is 8.78 Å². The van der Waals surface area contributed by atoms with Crippen molar-refractivity contribution in [3.8, 4) is 0 Å². The molecule has 0 atom stereocenters. The summed E-state index contributed by atoms with van der Waals surface area (Å²) in [4.78, 5) is 0. The first kappa shape index (κ1) is 11.2. The molecule has 0 amide bonds. The predicted molar refractivity (Wildman–Crippen MR) is 20.5 cm³/mol. The Balaban J connectivity index is 0. The fourth-order valence-electron chi connectivity index (χ4n) is 0.00972. The van der Waals surface area contributed by atoms with E-state index in [-0.39, 0.29) is 18.9 Å². The Morgan fingerprint density at radius 3 is 1.38 bits per heavy atom. The Hall–Kier alpha value is 0.327. The summed E-state index contributed by atoms with van der Waals surface area (Å²) >= 11 is 0. The van der Waals surface area contributed by atoms with Gasteiger partial charge in [-0.05, 0) is 17.8 Å². The number of hydrogen-bond acceptors (Lipinski definition) is 4. The monoisotopic (exact) mass is 142 g/mol. The van der Waals surface area contributed by atoms with Crippen molar-refractivity contribution < 1.29 is 26.2 Å². The third-order valence-electron chi connectivity index (χ3n) is 0.154. The molecule has 0 rings (SSSR count). The van der Waals surface area contributed by atoms with E-state index in [0.717, 1.165) is 0 Å². The van der Waals surface area contributed by atoms with Crippen LogP contribution in [-0.2, 0) is 19.2 Å². The molecule has 0 fully saturated rings. The van der Waals surface area contributed by atoms with Crippen molar-refractivity contribution in [2.75, 3.05) is 0 Å². The molecule has 8 heteroatoms. The van der Waals surface area contributed by atoms with Crippen LogP contribution >= 0.6 is 0 Å². The van der Waals surface area contributed by atoms with Gasteiger partial charge in [-0.3, -0.25) is 0 Å². The Morgan fingerprint density at radius 1 is 1.12 bits per heavy atom. The first-order chi connectivity index (χ1) is 3.12. The second-order valence-corrected chi connectivity index (χ2v) is 1.60. The van der Waals surface area contributed by atoms with Crippen LogP contribution in [0.5, 0.6) is 0 Å². The zero-order valence-corrected chi connectivity index (χ0v) is 3.61. The molecule has 0 heterocycles. The number of hydrogen-bond donors (Lipinski definition) is 0. The summed E-state index contributed by atoms with van der Waals surface area (Å²) in [6.07, 6.45) is 0. The molecule has 0 aliphatic rings. The maximum atomic E-state index is 10.3. The molecule has 0 unspecified atom stereocenters. The van der Waals surface area contributed by atoms with E-state index in [2.05, 4.69) is 0 Å². The van der Waals surface area contributed by atoms with E-state index in [4.69, 9.17) is 0 Å². The predicted octanol–water partition coefficient (Wildman–Crippen LogP) is -0.615. The third-order valence-corrected chi connectivity index (χ3v) is 0.463. The van der Waals surface area contributed by atoms with Crippen molar-refractivity contribution in [2.45, 2.75) is 0 Å². The van der Waals surface area contributed by atoms with Crippen LogP contribution in [0.1, 0.15) is 0 Å². The molecule has 0 aliphatic carbocycles. The molecule has 46 valence electrons. The van der Waals surface area contributed by atoms with E-state index >= 15 is 0 Å². The zero-order valence-electron chi connectivity index (χ0n) is 2.80. The second kappa shape index (κ2) is 4.23. The van der Waals surface area contributed by atoms with Crippen molar-refractivity contribution in [1.29, 1.82) is 0 Å². The Morgan fingerprint density at radius 2 is 1.38 bits per heavy atom. The zero-order chi connectivity index (χ0) is 5.91. The van der Waals surface area contributed by atoms with Crippen LogP contribution in [0.25, 0.3) is 0 Å². The molecule has 0 saturated heterocycles. The summed E-state index contributed by atoms with van der Waals surface area (Å²) in [6, 6.07) is 0. The van der Waals surface area contributed by atoms with Crippen LogP contribution in [0, 0.1) is 0 Å². The van der Waals surface area contributed by atoms with Gasteiger partial charge in [-0.25, -0.2) is 0 Å². The van der Waals surface area contributed by atoms with E-state index in [1.165, 1.54) is 0 Å². The van der Waals surface area contributed by atoms with Gasteiger partial charge in [-0.1, -0.05) is 0 Å². The van der Waals surface area contributed by atoms with Gasteiger partial charge in [0.2, 0.25) is 0 Å². The van der Waals surface area contributed by atoms with Crippen LogP contribution in [0.15, 0.2) is 0 Å². The first-order valence-electron chi connectivity index (χ1n) is 0.975. The van der Waals surface area contributed by atoms with Gasteiger partial charge in [0.05, 0.1) is 0 Å². The molecule has 0 N–H and O–H groups in total. The molecule has 8 heavy (non-hydrogen) atoms. The molecule has 0 aromatic carbocycles. The SMILES string of the molecule is O=S(=O)(OF)OF.[LiH]. The minimum atomic E-state index is -4.99. The van der Waals surface area contributed by atoms with Crippen molar-refractivity contribution in [1.82, 2.24) is 0 Å². The van der Waals surface area contributed by atoms with Crippen molar-refractivity contribution >= 4 is 29.3 Å². The Labute approximate surface area is 56.1 Å². The molecule has 0 radical (unpaired) electrons. The average Bonchev–Trinajstić information content (AvgIpc) is 1.68. The minimum absolute atomic E-state index is 0. The van der Waals surface area contributed by atoms with Gasteiger partial charge in [0.15, 0.2) is 0 Å². The number of halogens is 2. The van der Waals surface area contributed by atoms with Crippen molar-refractivity contribution in [3.63, 3.8) is 0 Å². The molecule has 0 bridgehead atoms. The summed E-state index contributed by atoms with van der Waals surface area (Å²) in [7, 11) is -4.99. The summed E-state index contributed by atoms with van der Waals surface area (Å²) in [5.41, 5.74) is 0. The van der Waals surface area contributed by atoms with E-state index in [9.17, 15) is 17.5 Å². The molecule has 0 aromatic rings. The summed E-state index contributed by atoms with van der Waals surface area (Å²) < 4.78 is 42.9. The van der Waals surface area contributed by atoms with Gasteiger partial charge in [-0.15, -0.1) is 0 Å². The van der Waals surface area contributed by atoms with Gasteiger partial charge in [0.1, 0.15) is 0 Å². The summed E-state index contributed by atoms with van der Waals surface area (Å²) in [6.45, 7) is 0. The Kier molecular flexibility index (Phi) is 5.91. The third kappa shape index (κ3) is 4.49. The normalized spacial score (nSPS) is 10.2. The van der Waals surface area contributed by atoms with E-state index in [1.54, 1.807) is 0 Å². The fraction of sp³-hybridized carbons (Fsp3) is 0. The van der Waals surface area contributed by atoms with Gasteiger partial charge >= 0.3 is 29.3 Å². The van der Waals surface area contributed by atoms with Crippen LogP contribution < -0.4 is 0 Å². The second-order valence-electron chi connectivity index (χ2n) is 0.534. The summed E-state index contributed by atoms with van der Waals surface area (Å²) in [5, 5.41) is 0. The van der Waals surface area contributed by atoms with Gasteiger partial charge in [-0.2, -0.15) is 8.42 Å². The molecule has 4 nitrogen and oxygen atoms in total. The molecular weight excluding hydrogens is 141 g/mol. The molecule has 0 spiro atoms. The Bertz CT molecular complexity index is 117. The van der Waals surface area contributed by atoms with E-state index in [0.29, 0.717) is 0 Å². The molecule has 0 saturated carbocycles. The molecular formula is HF2LiO4S. The van der Waals surface area contributed by atoms with Crippen molar-refractivity contribution in [2.24, 2.45) is 0 Å². The first-order valence-corrected chi connectivity index (χ1v) is 2.31. The fourth-order valence-corrected chi connectivity index (χ4v) is 0.0292. The van der Waals surface area contributed by atoms with Crippen LogP contribution in [-0.4, -0.2) is 27.3 Å². The van der Waals surface area contributed by atoms with Crippen LogP contribution in [0.4, 0.5) is 9.05 Å². The van der Waals surface area contributed by atoms with Gasteiger partial charge < -0.3 is 0 Å². The topological polar surface area (TPSA) is 52.6 Å². The average molecular weight is 142 g/mol. The van der Waals surface area contributed by atoms with Crippen molar-refractivity contribution in [3.05, 3.63) is 0 Å². The van der Waals surface area contributed by atoms with Gasteiger partial charge in [0, 0.05) is 0 Å². The number of rotatable bonds is 2. The standard InChI is InChI=1S/F2O4S.Li.H/c1-5-7(3,4)6-2;;.